The van der Waals surface area contributed by atoms with Crippen molar-refractivity contribution < 1.29 is 0 Å². The molecule has 1 saturated carbocycles. The largest absolute Gasteiger partial charge is 0.309 e. The maximum absolute atomic E-state index is 3.61. The molecule has 0 amide bonds. The van der Waals surface area contributed by atoms with E-state index in [0.29, 0.717) is 6.04 Å². The van der Waals surface area contributed by atoms with Crippen molar-refractivity contribution in [1.29, 1.82) is 0 Å². The summed E-state index contributed by atoms with van der Waals surface area (Å²) in [5.74, 6) is 0.910. The molecule has 0 spiro atoms. The zero-order chi connectivity index (χ0) is 10.1. The van der Waals surface area contributed by atoms with Crippen LogP contribution in [-0.4, -0.2) is 6.54 Å². The van der Waals surface area contributed by atoms with Gasteiger partial charge in [0, 0.05) is 15.8 Å². The number of aryl methyl sites for hydroxylation is 2. The lowest BCUT2D eigenvalue weighted by atomic mass is 10.1. The monoisotopic (exact) mass is 209 g/mol. The summed E-state index contributed by atoms with van der Waals surface area (Å²) in [6.45, 7) is 7.71. The van der Waals surface area contributed by atoms with Crippen LogP contribution < -0.4 is 5.32 Å². The van der Waals surface area contributed by atoms with Crippen LogP contribution in [0.2, 0.25) is 0 Å². The molecule has 1 fully saturated rings. The second kappa shape index (κ2) is 4.03. The van der Waals surface area contributed by atoms with E-state index in [1.165, 1.54) is 23.3 Å². The molecule has 78 valence electrons. The lowest BCUT2D eigenvalue weighted by molar-refractivity contribution is 0.503. The Balaban J connectivity index is 2.16. The second-order valence-electron chi connectivity index (χ2n) is 4.26. The predicted octanol–water partition coefficient (Wildman–Crippen LogP) is 3.43. The summed E-state index contributed by atoms with van der Waals surface area (Å²) in [6, 6.07) is 3.00. The molecule has 0 radical (unpaired) electrons. The Labute approximate surface area is 90.5 Å². The molecule has 1 aromatic rings. The van der Waals surface area contributed by atoms with Crippen LogP contribution in [0.25, 0.3) is 0 Å². The molecular weight excluding hydrogens is 190 g/mol. The highest BCUT2D eigenvalue weighted by Gasteiger charge is 2.32. The molecule has 1 N–H and O–H groups in total. The van der Waals surface area contributed by atoms with Crippen molar-refractivity contribution in [3.63, 3.8) is 0 Å². The third-order valence-electron chi connectivity index (χ3n) is 3.01. The molecular formula is C12H19NS. The number of thiophene rings is 1. The van der Waals surface area contributed by atoms with Crippen LogP contribution >= 0.6 is 11.3 Å². The standard InChI is InChI=1S/C12H19NS/c1-4-13-12(10-5-6-10)11-7-8(2)9(3)14-11/h7,10,12-13H,4-6H2,1-3H3. The van der Waals surface area contributed by atoms with Crippen molar-refractivity contribution in [1.82, 2.24) is 5.32 Å². The topological polar surface area (TPSA) is 12.0 Å². The van der Waals surface area contributed by atoms with Crippen LogP contribution in [0.15, 0.2) is 6.07 Å². The fourth-order valence-electron chi connectivity index (χ4n) is 1.90. The smallest absolute Gasteiger partial charge is 0.0443 e. The Bertz CT molecular complexity index is 293. The zero-order valence-electron chi connectivity index (χ0n) is 9.26. The van der Waals surface area contributed by atoms with Crippen molar-refractivity contribution in [3.05, 3.63) is 21.4 Å². The molecule has 2 rings (SSSR count). The SMILES string of the molecule is CCNC(c1cc(C)c(C)s1)C1CC1. The normalized spacial score (nSPS) is 18.5. The molecule has 1 nitrogen and oxygen atoms in total. The third kappa shape index (κ3) is 2.01. The minimum Gasteiger partial charge on any atom is -0.309 e. The maximum atomic E-state index is 3.61. The van der Waals surface area contributed by atoms with Crippen molar-refractivity contribution in [2.75, 3.05) is 6.54 Å². The van der Waals surface area contributed by atoms with Crippen molar-refractivity contribution >= 4 is 11.3 Å². The first-order valence-corrected chi connectivity index (χ1v) is 6.34. The first-order chi connectivity index (χ1) is 6.72. The summed E-state index contributed by atoms with van der Waals surface area (Å²) < 4.78 is 0. The van der Waals surface area contributed by atoms with Gasteiger partial charge in [-0.3, -0.25) is 0 Å². The van der Waals surface area contributed by atoms with E-state index in [-0.39, 0.29) is 0 Å². The first-order valence-electron chi connectivity index (χ1n) is 5.52. The van der Waals surface area contributed by atoms with Crippen molar-refractivity contribution in [2.45, 2.75) is 39.7 Å². The summed E-state index contributed by atoms with van der Waals surface area (Å²) in [5, 5.41) is 3.61. The van der Waals surface area contributed by atoms with Crippen molar-refractivity contribution in [2.24, 2.45) is 5.92 Å². The van der Waals surface area contributed by atoms with Gasteiger partial charge in [-0.15, -0.1) is 11.3 Å². The van der Waals surface area contributed by atoms with Crippen LogP contribution in [0, 0.1) is 19.8 Å². The molecule has 2 heteroatoms. The summed E-state index contributed by atoms with van der Waals surface area (Å²) in [5.41, 5.74) is 1.45. The van der Waals surface area contributed by atoms with E-state index in [2.05, 4.69) is 32.2 Å². The van der Waals surface area contributed by atoms with Gasteiger partial charge >= 0.3 is 0 Å². The average Bonchev–Trinajstić information content (AvgIpc) is 2.91. The molecule has 0 saturated heterocycles. The van der Waals surface area contributed by atoms with Gasteiger partial charge in [-0.25, -0.2) is 0 Å². The Morgan fingerprint density at radius 1 is 1.50 bits per heavy atom. The quantitative estimate of drug-likeness (QED) is 0.801. The van der Waals surface area contributed by atoms with E-state index in [1.54, 1.807) is 4.88 Å². The first kappa shape index (κ1) is 10.2. The Morgan fingerprint density at radius 3 is 2.64 bits per heavy atom. The van der Waals surface area contributed by atoms with Gasteiger partial charge in [0.15, 0.2) is 0 Å². The van der Waals surface area contributed by atoms with Gasteiger partial charge in [-0.2, -0.15) is 0 Å². The van der Waals surface area contributed by atoms with E-state index >= 15 is 0 Å². The molecule has 1 unspecified atom stereocenters. The predicted molar refractivity (Wildman–Crippen MR) is 62.9 cm³/mol. The third-order valence-corrected chi connectivity index (χ3v) is 4.24. The number of rotatable bonds is 4. The highest BCUT2D eigenvalue weighted by Crippen LogP contribution is 2.43. The zero-order valence-corrected chi connectivity index (χ0v) is 10.1. The van der Waals surface area contributed by atoms with E-state index in [4.69, 9.17) is 0 Å². The van der Waals surface area contributed by atoms with Gasteiger partial charge in [-0.1, -0.05) is 6.92 Å². The van der Waals surface area contributed by atoms with Crippen LogP contribution in [-0.2, 0) is 0 Å². The molecule has 1 aliphatic rings. The lowest BCUT2D eigenvalue weighted by Crippen LogP contribution is -2.21. The number of nitrogens with one attached hydrogen (secondary N) is 1. The van der Waals surface area contributed by atoms with Crippen LogP contribution in [0.1, 0.15) is 41.1 Å². The van der Waals surface area contributed by atoms with Crippen LogP contribution in [0.5, 0.6) is 0 Å². The molecule has 14 heavy (non-hydrogen) atoms. The van der Waals surface area contributed by atoms with E-state index in [1.807, 2.05) is 11.3 Å². The van der Waals surface area contributed by atoms with E-state index < -0.39 is 0 Å². The van der Waals surface area contributed by atoms with Gasteiger partial charge in [-0.05, 0) is 50.8 Å². The maximum Gasteiger partial charge on any atom is 0.0443 e. The summed E-state index contributed by atoms with van der Waals surface area (Å²) in [4.78, 5) is 3.02. The number of hydrogen-bond acceptors (Lipinski definition) is 2. The molecule has 0 aromatic carbocycles. The minimum atomic E-state index is 0.636. The van der Waals surface area contributed by atoms with Gasteiger partial charge in [0.2, 0.25) is 0 Å². The van der Waals surface area contributed by atoms with Gasteiger partial charge in [0.05, 0.1) is 0 Å². The Kier molecular flexibility index (Phi) is 2.93. The number of hydrogen-bond donors (Lipinski definition) is 1. The molecule has 1 atom stereocenters. The fraction of sp³-hybridized carbons (Fsp3) is 0.667. The molecule has 0 aliphatic heterocycles. The van der Waals surface area contributed by atoms with Gasteiger partial charge < -0.3 is 5.32 Å². The van der Waals surface area contributed by atoms with Gasteiger partial charge in [0.25, 0.3) is 0 Å². The highest BCUT2D eigenvalue weighted by molar-refractivity contribution is 7.12. The van der Waals surface area contributed by atoms with E-state index in [9.17, 15) is 0 Å². The fourth-order valence-corrected chi connectivity index (χ4v) is 3.12. The summed E-state index contributed by atoms with van der Waals surface area (Å²) in [6.07, 6.45) is 2.82. The minimum absolute atomic E-state index is 0.636. The van der Waals surface area contributed by atoms with Crippen molar-refractivity contribution in [3.8, 4) is 0 Å². The lowest BCUT2D eigenvalue weighted by Gasteiger charge is -2.14. The van der Waals surface area contributed by atoms with Crippen LogP contribution in [0.4, 0.5) is 0 Å². The summed E-state index contributed by atoms with van der Waals surface area (Å²) in [7, 11) is 0. The molecule has 1 heterocycles. The summed E-state index contributed by atoms with van der Waals surface area (Å²) >= 11 is 1.97. The highest BCUT2D eigenvalue weighted by atomic mass is 32.1. The Hall–Kier alpha value is -0.340. The second-order valence-corrected chi connectivity index (χ2v) is 5.55. The van der Waals surface area contributed by atoms with E-state index in [0.717, 1.165) is 12.5 Å². The molecule has 1 aliphatic carbocycles. The average molecular weight is 209 g/mol. The van der Waals surface area contributed by atoms with Crippen LogP contribution in [0.3, 0.4) is 0 Å². The Morgan fingerprint density at radius 2 is 2.21 bits per heavy atom. The van der Waals surface area contributed by atoms with Gasteiger partial charge in [0.1, 0.15) is 0 Å². The molecule has 0 bridgehead atoms. The molecule has 1 aromatic heterocycles.